The summed E-state index contributed by atoms with van der Waals surface area (Å²) in [5.74, 6) is 1.13. The van der Waals surface area contributed by atoms with E-state index in [1.807, 2.05) is 0 Å². The molecular formula is C14H21BrN2OS. The lowest BCUT2D eigenvalue weighted by Gasteiger charge is -2.31. The maximum Gasteiger partial charge on any atom is 0.0702 e. The van der Waals surface area contributed by atoms with E-state index < -0.39 is 0 Å². The molecule has 19 heavy (non-hydrogen) atoms. The molecule has 2 heterocycles. The second-order valence-corrected chi connectivity index (χ2v) is 8.46. The van der Waals surface area contributed by atoms with Crippen molar-refractivity contribution < 1.29 is 5.11 Å². The van der Waals surface area contributed by atoms with E-state index in [2.05, 4.69) is 39.9 Å². The van der Waals surface area contributed by atoms with Gasteiger partial charge in [-0.15, -0.1) is 11.3 Å². The highest BCUT2D eigenvalue weighted by Gasteiger charge is 2.44. The minimum Gasteiger partial charge on any atom is -0.393 e. The van der Waals surface area contributed by atoms with Gasteiger partial charge in [-0.05, 0) is 53.7 Å². The summed E-state index contributed by atoms with van der Waals surface area (Å²) in [6, 6.07) is 4.67. The summed E-state index contributed by atoms with van der Waals surface area (Å²) in [7, 11) is 0. The quantitative estimate of drug-likeness (QED) is 0.885. The summed E-state index contributed by atoms with van der Waals surface area (Å²) in [6.07, 6.45) is 2.05. The van der Waals surface area contributed by atoms with Gasteiger partial charge in [0.2, 0.25) is 0 Å². The van der Waals surface area contributed by atoms with Crippen LogP contribution in [0, 0.1) is 11.8 Å². The molecule has 0 spiro atoms. The maximum absolute atomic E-state index is 10.0. The Kier molecular flexibility index (Phi) is 4.02. The van der Waals surface area contributed by atoms with Gasteiger partial charge in [0.1, 0.15) is 0 Å². The van der Waals surface area contributed by atoms with Crippen LogP contribution in [-0.4, -0.2) is 35.2 Å². The van der Waals surface area contributed by atoms with Crippen LogP contribution in [0.1, 0.15) is 30.7 Å². The first-order chi connectivity index (χ1) is 9.06. The van der Waals surface area contributed by atoms with Crippen molar-refractivity contribution in [3.63, 3.8) is 0 Å². The van der Waals surface area contributed by atoms with Gasteiger partial charge in [0, 0.05) is 29.9 Å². The standard InChI is InChI=1S/C14H21BrN2OS/c1-8(16)14(12-4-5-13(15)19-12)17-6-9-2-3-11(18)10(9)7-17/h4-5,8-11,14,18H,2-3,6-7,16H2,1H3. The molecule has 3 nitrogen and oxygen atoms in total. The van der Waals surface area contributed by atoms with Gasteiger partial charge < -0.3 is 10.8 Å². The summed E-state index contributed by atoms with van der Waals surface area (Å²) in [5, 5.41) is 10.0. The Morgan fingerprint density at radius 2 is 2.21 bits per heavy atom. The molecule has 5 atom stereocenters. The monoisotopic (exact) mass is 344 g/mol. The number of halogens is 1. The Morgan fingerprint density at radius 1 is 1.42 bits per heavy atom. The molecule has 2 aliphatic rings. The first kappa shape index (κ1) is 14.0. The van der Waals surface area contributed by atoms with Crippen molar-refractivity contribution in [3.8, 4) is 0 Å². The van der Waals surface area contributed by atoms with Gasteiger partial charge in [0.05, 0.1) is 15.9 Å². The normalized spacial score (nSPS) is 34.4. The Labute approximate surface area is 126 Å². The fourth-order valence-corrected chi connectivity index (χ4v) is 5.43. The predicted octanol–water partition coefficient (Wildman–Crippen LogP) is 2.60. The number of nitrogens with two attached hydrogens (primary N) is 1. The van der Waals surface area contributed by atoms with Gasteiger partial charge in [-0.25, -0.2) is 0 Å². The minimum absolute atomic E-state index is 0.0983. The molecule has 5 unspecified atom stereocenters. The van der Waals surface area contributed by atoms with Crippen molar-refractivity contribution in [2.45, 2.75) is 38.0 Å². The van der Waals surface area contributed by atoms with E-state index in [0.717, 1.165) is 23.3 Å². The average molecular weight is 345 g/mol. The molecule has 0 bridgehead atoms. The summed E-state index contributed by atoms with van der Waals surface area (Å²) in [4.78, 5) is 3.82. The van der Waals surface area contributed by atoms with Crippen LogP contribution in [0.4, 0.5) is 0 Å². The number of aliphatic hydroxyl groups excluding tert-OH is 1. The Morgan fingerprint density at radius 3 is 2.79 bits per heavy atom. The van der Waals surface area contributed by atoms with E-state index in [-0.39, 0.29) is 18.2 Å². The fraction of sp³-hybridized carbons (Fsp3) is 0.714. The van der Waals surface area contributed by atoms with Gasteiger partial charge >= 0.3 is 0 Å². The molecule has 0 radical (unpaired) electrons. The molecule has 1 aliphatic carbocycles. The van der Waals surface area contributed by atoms with Crippen molar-refractivity contribution in [2.75, 3.05) is 13.1 Å². The highest BCUT2D eigenvalue weighted by Crippen LogP contribution is 2.43. The third-order valence-corrected chi connectivity index (χ3v) is 6.32. The summed E-state index contributed by atoms with van der Waals surface area (Å²) in [6.45, 7) is 4.17. The molecule has 0 aromatic carbocycles. The third-order valence-electron chi connectivity index (χ3n) is 4.62. The van der Waals surface area contributed by atoms with E-state index in [1.54, 1.807) is 11.3 Å². The van der Waals surface area contributed by atoms with Crippen molar-refractivity contribution in [1.82, 2.24) is 4.90 Å². The van der Waals surface area contributed by atoms with E-state index in [0.29, 0.717) is 11.8 Å². The second kappa shape index (κ2) is 5.45. The van der Waals surface area contributed by atoms with Crippen molar-refractivity contribution in [3.05, 3.63) is 20.8 Å². The molecule has 5 heteroatoms. The van der Waals surface area contributed by atoms with Crippen LogP contribution in [0.15, 0.2) is 15.9 Å². The number of rotatable bonds is 3. The fourth-order valence-electron chi connectivity index (χ4n) is 3.76. The Bertz CT molecular complexity index is 450. The number of nitrogens with zero attached hydrogens (tertiary/aromatic N) is 1. The summed E-state index contributed by atoms with van der Waals surface area (Å²) in [5.41, 5.74) is 6.23. The lowest BCUT2D eigenvalue weighted by molar-refractivity contribution is 0.115. The topological polar surface area (TPSA) is 49.5 Å². The van der Waals surface area contributed by atoms with E-state index in [4.69, 9.17) is 5.73 Å². The predicted molar refractivity (Wildman–Crippen MR) is 82.2 cm³/mol. The van der Waals surface area contributed by atoms with Crippen LogP contribution < -0.4 is 5.73 Å². The highest BCUT2D eigenvalue weighted by molar-refractivity contribution is 9.11. The van der Waals surface area contributed by atoms with E-state index >= 15 is 0 Å². The molecule has 0 amide bonds. The van der Waals surface area contributed by atoms with Crippen LogP contribution in [0.3, 0.4) is 0 Å². The number of hydrogen-bond donors (Lipinski definition) is 2. The third kappa shape index (κ3) is 2.63. The first-order valence-electron chi connectivity index (χ1n) is 6.99. The maximum atomic E-state index is 10.0. The minimum atomic E-state index is -0.0983. The molecule has 3 N–H and O–H groups in total. The van der Waals surface area contributed by atoms with Crippen LogP contribution in [0.2, 0.25) is 0 Å². The second-order valence-electron chi connectivity index (χ2n) is 5.97. The van der Waals surface area contributed by atoms with Crippen LogP contribution >= 0.6 is 27.3 Å². The molecule has 106 valence electrons. The number of thiophene rings is 1. The van der Waals surface area contributed by atoms with Crippen LogP contribution in [0.5, 0.6) is 0 Å². The molecule has 2 fully saturated rings. The number of likely N-dealkylation sites (tertiary alicyclic amines) is 1. The number of hydrogen-bond acceptors (Lipinski definition) is 4. The largest absolute Gasteiger partial charge is 0.393 e. The van der Waals surface area contributed by atoms with Gasteiger partial charge in [-0.3, -0.25) is 4.90 Å². The van der Waals surface area contributed by atoms with Gasteiger partial charge in [-0.1, -0.05) is 0 Å². The Balaban J connectivity index is 1.79. The average Bonchev–Trinajstić information content (AvgIpc) is 2.99. The van der Waals surface area contributed by atoms with Crippen molar-refractivity contribution in [2.24, 2.45) is 17.6 Å². The number of fused-ring (bicyclic) bond motifs is 1. The van der Waals surface area contributed by atoms with Gasteiger partial charge in [-0.2, -0.15) is 0 Å². The molecule has 1 saturated heterocycles. The zero-order chi connectivity index (χ0) is 13.6. The lowest BCUT2D eigenvalue weighted by atomic mass is 10.00. The summed E-state index contributed by atoms with van der Waals surface area (Å²) < 4.78 is 1.16. The molecule has 1 aromatic heterocycles. The van der Waals surface area contributed by atoms with Crippen LogP contribution in [-0.2, 0) is 0 Å². The lowest BCUT2D eigenvalue weighted by Crippen LogP contribution is -2.38. The smallest absolute Gasteiger partial charge is 0.0702 e. The van der Waals surface area contributed by atoms with Gasteiger partial charge in [0.15, 0.2) is 0 Å². The molecule has 1 aliphatic heterocycles. The van der Waals surface area contributed by atoms with Gasteiger partial charge in [0.25, 0.3) is 0 Å². The Hall–Kier alpha value is 0.0600. The zero-order valence-corrected chi connectivity index (χ0v) is 13.5. The van der Waals surface area contributed by atoms with E-state index in [9.17, 15) is 5.11 Å². The number of aliphatic hydroxyl groups is 1. The highest BCUT2D eigenvalue weighted by atomic mass is 79.9. The van der Waals surface area contributed by atoms with Crippen molar-refractivity contribution >= 4 is 27.3 Å². The molecule has 3 rings (SSSR count). The molecule has 1 aromatic rings. The first-order valence-corrected chi connectivity index (χ1v) is 8.60. The SMILES string of the molecule is CC(N)C(c1ccc(Br)s1)N1CC2CCC(O)C2C1. The molecular weight excluding hydrogens is 324 g/mol. The zero-order valence-electron chi connectivity index (χ0n) is 11.1. The summed E-state index contributed by atoms with van der Waals surface area (Å²) >= 11 is 5.31. The van der Waals surface area contributed by atoms with Crippen LogP contribution in [0.25, 0.3) is 0 Å². The van der Waals surface area contributed by atoms with E-state index in [1.165, 1.54) is 11.3 Å². The molecule has 1 saturated carbocycles. The van der Waals surface area contributed by atoms with Crippen molar-refractivity contribution in [1.29, 1.82) is 0 Å².